The summed E-state index contributed by atoms with van der Waals surface area (Å²) in [4.78, 5) is 43.5. The van der Waals surface area contributed by atoms with Crippen molar-refractivity contribution in [1.29, 1.82) is 0 Å². The molecule has 0 saturated carbocycles. The number of aliphatic hydroxyl groups excluding tert-OH is 1. The van der Waals surface area contributed by atoms with Gasteiger partial charge in [-0.2, -0.15) is 0 Å². The highest BCUT2D eigenvalue weighted by Crippen LogP contribution is 2.32. The maximum Gasteiger partial charge on any atom is 0.255 e. The Balaban J connectivity index is 1.27. The summed E-state index contributed by atoms with van der Waals surface area (Å²) in [5.74, 6) is 0.709. The molecular weight excluding hydrogens is 558 g/mol. The molecule has 1 aromatic carbocycles. The minimum Gasteiger partial charge on any atom is -0.395 e. The summed E-state index contributed by atoms with van der Waals surface area (Å²) in [5, 5.41) is 16.0. The van der Waals surface area contributed by atoms with Crippen molar-refractivity contribution in [2.45, 2.75) is 51.4 Å². The highest BCUT2D eigenvalue weighted by atomic mass is 35.5. The molecule has 2 amide bonds. The summed E-state index contributed by atoms with van der Waals surface area (Å²) in [6, 6.07) is 8.53. The quantitative estimate of drug-likeness (QED) is 0.323. The fourth-order valence-electron chi connectivity index (χ4n) is 5.18. The van der Waals surface area contributed by atoms with Gasteiger partial charge < -0.3 is 30.3 Å². The molecule has 1 fully saturated rings. The standard InChI is InChI=1S/C30H36ClN7O4/c1-18(20-6-9-32-26(15-20)37(3)10-11-39)34-28(40)19(2)38-17-22-5-4-21(14-24(22)29(38)41)27-25(31)16-33-30(36-27)35-23-7-12-42-13-8-23/h4-6,9,14-16,18-19,23,39H,7-8,10-13,17H2,1-3H3,(H,34,40)(H,33,35,36)/t18-,19-/m1/s1. The number of rotatable bonds is 10. The normalized spacial score (nSPS) is 16.6. The number of likely N-dealkylation sites (N-methyl/N-ethyl adjacent to an activating group) is 1. The lowest BCUT2D eigenvalue weighted by atomic mass is 10.0. The third-order valence-electron chi connectivity index (χ3n) is 7.82. The molecule has 4 heterocycles. The average Bonchev–Trinajstić information content (AvgIpc) is 3.33. The van der Waals surface area contributed by atoms with Gasteiger partial charge in [0.05, 0.1) is 29.6 Å². The van der Waals surface area contributed by atoms with Crippen molar-refractivity contribution >= 4 is 35.2 Å². The predicted octanol–water partition coefficient (Wildman–Crippen LogP) is 3.43. The highest BCUT2D eigenvalue weighted by molar-refractivity contribution is 6.33. The van der Waals surface area contributed by atoms with E-state index in [-0.39, 0.29) is 30.5 Å². The molecule has 0 radical (unpaired) electrons. The Bertz CT molecular complexity index is 1450. The van der Waals surface area contributed by atoms with Gasteiger partial charge in [0, 0.05) is 56.7 Å². The summed E-state index contributed by atoms with van der Waals surface area (Å²) < 4.78 is 5.43. The molecule has 11 nitrogen and oxygen atoms in total. The first-order valence-corrected chi connectivity index (χ1v) is 14.5. The van der Waals surface area contributed by atoms with Crippen LogP contribution in [0.15, 0.2) is 42.7 Å². The molecule has 5 rings (SSSR count). The summed E-state index contributed by atoms with van der Waals surface area (Å²) in [6.45, 7) is 5.81. The van der Waals surface area contributed by atoms with Gasteiger partial charge in [-0.25, -0.2) is 15.0 Å². The van der Waals surface area contributed by atoms with Crippen molar-refractivity contribution < 1.29 is 19.4 Å². The van der Waals surface area contributed by atoms with Crippen molar-refractivity contribution in [3.8, 4) is 11.3 Å². The number of aromatic nitrogens is 3. The van der Waals surface area contributed by atoms with E-state index in [1.54, 1.807) is 30.3 Å². The Hall–Kier alpha value is -3.80. The Morgan fingerprint density at radius 3 is 2.76 bits per heavy atom. The summed E-state index contributed by atoms with van der Waals surface area (Å²) in [6.07, 6.45) is 4.99. The van der Waals surface area contributed by atoms with Gasteiger partial charge in [0.2, 0.25) is 11.9 Å². The fourth-order valence-corrected chi connectivity index (χ4v) is 5.38. The van der Waals surface area contributed by atoms with E-state index in [0.29, 0.717) is 59.9 Å². The van der Waals surface area contributed by atoms with Crippen molar-refractivity contribution in [2.24, 2.45) is 0 Å². The lowest BCUT2D eigenvalue weighted by Gasteiger charge is -2.26. The second kappa shape index (κ2) is 13.0. The molecular formula is C30H36ClN7O4. The van der Waals surface area contributed by atoms with Gasteiger partial charge in [-0.05, 0) is 56.0 Å². The van der Waals surface area contributed by atoms with Crippen LogP contribution in [-0.2, 0) is 16.1 Å². The molecule has 222 valence electrons. The zero-order valence-corrected chi connectivity index (χ0v) is 24.8. The second-order valence-electron chi connectivity index (χ2n) is 10.7. The number of benzene rings is 1. The molecule has 3 N–H and O–H groups in total. The molecule has 42 heavy (non-hydrogen) atoms. The molecule has 1 saturated heterocycles. The number of nitrogens with zero attached hydrogens (tertiary/aromatic N) is 5. The first-order valence-electron chi connectivity index (χ1n) is 14.1. The Morgan fingerprint density at radius 2 is 2.00 bits per heavy atom. The van der Waals surface area contributed by atoms with Crippen molar-refractivity contribution in [1.82, 2.24) is 25.2 Å². The Morgan fingerprint density at radius 1 is 1.21 bits per heavy atom. The number of aliphatic hydroxyl groups is 1. The van der Waals surface area contributed by atoms with Crippen LogP contribution in [-0.4, -0.2) is 82.3 Å². The van der Waals surface area contributed by atoms with Crippen LogP contribution in [0.3, 0.4) is 0 Å². The van der Waals surface area contributed by atoms with Crippen LogP contribution in [0, 0.1) is 0 Å². The van der Waals surface area contributed by atoms with Crippen LogP contribution in [0.25, 0.3) is 11.3 Å². The Kier molecular flexibility index (Phi) is 9.20. The molecule has 0 unspecified atom stereocenters. The SMILES string of the molecule is C[C@H](C(=O)N[C@H](C)c1ccnc(N(C)CCO)c1)N1Cc2ccc(-c3nc(NC4CCOCC4)ncc3Cl)cc2C1=O. The average molecular weight is 594 g/mol. The number of nitrogens with one attached hydrogen (secondary N) is 2. The Labute approximate surface area is 250 Å². The predicted molar refractivity (Wildman–Crippen MR) is 160 cm³/mol. The van der Waals surface area contributed by atoms with Crippen LogP contribution in [0.1, 0.15) is 54.2 Å². The van der Waals surface area contributed by atoms with Gasteiger partial charge in [0.1, 0.15) is 11.9 Å². The maximum absolute atomic E-state index is 13.5. The third kappa shape index (κ3) is 6.48. The van der Waals surface area contributed by atoms with E-state index in [9.17, 15) is 14.7 Å². The van der Waals surface area contributed by atoms with Crippen LogP contribution in [0.4, 0.5) is 11.8 Å². The number of anilines is 2. The van der Waals surface area contributed by atoms with Crippen molar-refractivity contribution in [3.63, 3.8) is 0 Å². The third-order valence-corrected chi connectivity index (χ3v) is 8.09. The number of hydrogen-bond acceptors (Lipinski definition) is 9. The van der Waals surface area contributed by atoms with Gasteiger partial charge in [-0.3, -0.25) is 9.59 Å². The number of halogens is 1. The molecule has 0 aliphatic carbocycles. The molecule has 0 bridgehead atoms. The molecule has 2 aromatic heterocycles. The van der Waals surface area contributed by atoms with Gasteiger partial charge in [0.15, 0.2) is 0 Å². The van der Waals surface area contributed by atoms with Gasteiger partial charge in [-0.1, -0.05) is 23.7 Å². The van der Waals surface area contributed by atoms with Crippen molar-refractivity contribution in [2.75, 3.05) is 43.6 Å². The van der Waals surface area contributed by atoms with Crippen molar-refractivity contribution in [3.05, 3.63) is 64.4 Å². The molecule has 2 aliphatic rings. The number of carbonyl (C=O) groups excluding carboxylic acids is 2. The summed E-state index contributed by atoms with van der Waals surface area (Å²) in [7, 11) is 1.84. The van der Waals surface area contributed by atoms with Crippen LogP contribution in [0.2, 0.25) is 5.02 Å². The van der Waals surface area contributed by atoms with E-state index in [1.807, 2.05) is 43.1 Å². The number of ether oxygens (including phenoxy) is 1. The minimum atomic E-state index is -0.688. The fraction of sp³-hybridized carbons (Fsp3) is 0.433. The van der Waals surface area contributed by atoms with Crippen LogP contribution < -0.4 is 15.5 Å². The summed E-state index contributed by atoms with van der Waals surface area (Å²) in [5.41, 5.74) is 3.49. The molecule has 2 atom stereocenters. The highest BCUT2D eigenvalue weighted by Gasteiger charge is 2.34. The van der Waals surface area contributed by atoms with E-state index in [0.717, 1.165) is 24.0 Å². The number of fused-ring (bicyclic) bond motifs is 1. The zero-order chi connectivity index (χ0) is 29.8. The van der Waals surface area contributed by atoms with E-state index in [4.69, 9.17) is 16.3 Å². The lowest BCUT2D eigenvalue weighted by molar-refractivity contribution is -0.125. The van der Waals surface area contributed by atoms with Crippen LogP contribution in [0.5, 0.6) is 0 Å². The monoisotopic (exact) mass is 593 g/mol. The first kappa shape index (κ1) is 29.7. The van der Waals surface area contributed by atoms with E-state index < -0.39 is 6.04 Å². The van der Waals surface area contributed by atoms with Gasteiger partial charge in [-0.15, -0.1) is 0 Å². The maximum atomic E-state index is 13.5. The molecule has 0 spiro atoms. The van der Waals surface area contributed by atoms with E-state index in [2.05, 4.69) is 25.6 Å². The molecule has 3 aromatic rings. The number of pyridine rings is 1. The zero-order valence-electron chi connectivity index (χ0n) is 24.0. The van der Waals surface area contributed by atoms with Crippen LogP contribution >= 0.6 is 11.6 Å². The number of amides is 2. The minimum absolute atomic E-state index is 0.0148. The first-order chi connectivity index (χ1) is 20.2. The van der Waals surface area contributed by atoms with Gasteiger partial charge >= 0.3 is 0 Å². The number of hydrogen-bond donors (Lipinski definition) is 3. The summed E-state index contributed by atoms with van der Waals surface area (Å²) >= 11 is 6.48. The lowest BCUT2D eigenvalue weighted by Crippen LogP contribution is -2.45. The molecule has 12 heteroatoms. The largest absolute Gasteiger partial charge is 0.395 e. The second-order valence-corrected chi connectivity index (χ2v) is 11.1. The number of carbonyl (C=O) groups is 2. The van der Waals surface area contributed by atoms with E-state index in [1.165, 1.54) is 0 Å². The smallest absolute Gasteiger partial charge is 0.255 e. The van der Waals surface area contributed by atoms with Gasteiger partial charge in [0.25, 0.3) is 5.91 Å². The molecule has 2 aliphatic heterocycles. The topological polar surface area (TPSA) is 133 Å². The van der Waals surface area contributed by atoms with E-state index >= 15 is 0 Å².